The zero-order chi connectivity index (χ0) is 25.2. The molecule has 0 aliphatic rings. The number of halogens is 5. The minimum absolute atomic E-state index is 0.179. The van der Waals surface area contributed by atoms with Gasteiger partial charge in [0.05, 0.1) is 18.8 Å². The number of carbonyl (C=O) groups excluding carboxylic acids is 2. The van der Waals surface area contributed by atoms with Crippen molar-refractivity contribution in [3.8, 4) is 11.5 Å². The van der Waals surface area contributed by atoms with E-state index < -0.39 is 36.9 Å². The second-order valence-corrected chi connectivity index (χ2v) is 7.14. The third-order valence-electron chi connectivity index (χ3n) is 4.36. The van der Waals surface area contributed by atoms with Crippen LogP contribution in [0.1, 0.15) is 42.1 Å². The first-order chi connectivity index (χ1) is 16.0. The van der Waals surface area contributed by atoms with Gasteiger partial charge in [0.25, 0.3) is 0 Å². The summed E-state index contributed by atoms with van der Waals surface area (Å²) >= 11 is 0. The van der Waals surface area contributed by atoms with Crippen LogP contribution in [0.25, 0.3) is 6.08 Å². The molecule has 0 spiro atoms. The number of rotatable bonds is 11. The SMILES string of the molecule is CCCOC(=O)/C=C/c1ccc(OC(=O)c2ccc(OCCCC(F)(F)C(F)(F)F)cc2)cc1. The Hall–Kier alpha value is -3.43. The highest BCUT2D eigenvalue weighted by Gasteiger charge is 2.56. The predicted molar refractivity (Wildman–Crippen MR) is 114 cm³/mol. The van der Waals surface area contributed by atoms with Crippen LogP contribution in [0.5, 0.6) is 11.5 Å². The Bertz CT molecular complexity index is 967. The highest BCUT2D eigenvalue weighted by Crippen LogP contribution is 2.38. The van der Waals surface area contributed by atoms with Crippen molar-refractivity contribution in [1.82, 2.24) is 0 Å². The lowest BCUT2D eigenvalue weighted by Gasteiger charge is -2.19. The summed E-state index contributed by atoms with van der Waals surface area (Å²) in [5, 5.41) is 0. The summed E-state index contributed by atoms with van der Waals surface area (Å²) in [6.45, 7) is 1.88. The van der Waals surface area contributed by atoms with Gasteiger partial charge >= 0.3 is 24.0 Å². The molecule has 0 unspecified atom stereocenters. The Kier molecular flexibility index (Phi) is 9.58. The summed E-state index contributed by atoms with van der Waals surface area (Å²) in [5.41, 5.74) is 0.876. The van der Waals surface area contributed by atoms with Crippen LogP contribution in [-0.4, -0.2) is 37.3 Å². The molecule has 0 fully saturated rings. The number of alkyl halides is 5. The molecule has 0 heterocycles. The number of benzene rings is 2. The molecule has 2 rings (SSSR count). The molecule has 2 aromatic rings. The number of esters is 2. The molecule has 184 valence electrons. The first kappa shape index (κ1) is 26.8. The lowest BCUT2D eigenvalue weighted by molar-refractivity contribution is -0.284. The predicted octanol–water partition coefficient (Wildman–Crippen LogP) is 6.23. The van der Waals surface area contributed by atoms with E-state index in [0.717, 1.165) is 6.42 Å². The Morgan fingerprint density at radius 3 is 2.09 bits per heavy atom. The maximum atomic E-state index is 12.9. The Morgan fingerprint density at radius 1 is 0.882 bits per heavy atom. The van der Waals surface area contributed by atoms with Crippen LogP contribution < -0.4 is 9.47 Å². The van der Waals surface area contributed by atoms with Crippen LogP contribution in [0.2, 0.25) is 0 Å². The van der Waals surface area contributed by atoms with Gasteiger partial charge in [0, 0.05) is 12.5 Å². The zero-order valence-corrected chi connectivity index (χ0v) is 18.2. The van der Waals surface area contributed by atoms with Crippen molar-refractivity contribution >= 4 is 18.0 Å². The van der Waals surface area contributed by atoms with Crippen LogP contribution in [0.15, 0.2) is 54.6 Å². The molecule has 5 nitrogen and oxygen atoms in total. The summed E-state index contributed by atoms with van der Waals surface area (Å²) in [4.78, 5) is 23.7. The molecule has 0 aliphatic carbocycles. The van der Waals surface area contributed by atoms with E-state index in [-0.39, 0.29) is 23.7 Å². The van der Waals surface area contributed by atoms with Crippen LogP contribution >= 0.6 is 0 Å². The maximum absolute atomic E-state index is 12.9. The van der Waals surface area contributed by atoms with Gasteiger partial charge in [0.2, 0.25) is 0 Å². The molecule has 0 aliphatic heterocycles. The molecule has 0 saturated carbocycles. The lowest BCUT2D eigenvalue weighted by atomic mass is 10.2. The second kappa shape index (κ2) is 12.2. The van der Waals surface area contributed by atoms with E-state index in [1.807, 2.05) is 6.92 Å². The van der Waals surface area contributed by atoms with Gasteiger partial charge in [-0.05, 0) is 60.9 Å². The molecule has 0 aromatic heterocycles. The van der Waals surface area contributed by atoms with Gasteiger partial charge in [-0.1, -0.05) is 19.1 Å². The van der Waals surface area contributed by atoms with Gasteiger partial charge in [0.1, 0.15) is 11.5 Å². The van der Waals surface area contributed by atoms with E-state index >= 15 is 0 Å². The monoisotopic (exact) mass is 486 g/mol. The second-order valence-electron chi connectivity index (χ2n) is 7.14. The van der Waals surface area contributed by atoms with Gasteiger partial charge in [-0.25, -0.2) is 9.59 Å². The summed E-state index contributed by atoms with van der Waals surface area (Å²) in [6, 6.07) is 11.9. The smallest absolute Gasteiger partial charge is 0.453 e. The summed E-state index contributed by atoms with van der Waals surface area (Å²) in [6.07, 6.45) is -3.88. The molecule has 34 heavy (non-hydrogen) atoms. The van der Waals surface area contributed by atoms with Crippen LogP contribution in [-0.2, 0) is 9.53 Å². The molecule has 0 amide bonds. The average molecular weight is 486 g/mol. The highest BCUT2D eigenvalue weighted by molar-refractivity contribution is 5.91. The van der Waals surface area contributed by atoms with Crippen molar-refractivity contribution in [3.05, 3.63) is 65.7 Å². The molecule has 0 bridgehead atoms. The molecule has 0 N–H and O–H groups in total. The number of hydrogen-bond acceptors (Lipinski definition) is 5. The molecular weight excluding hydrogens is 463 g/mol. The van der Waals surface area contributed by atoms with Crippen molar-refractivity contribution in [2.45, 2.75) is 38.3 Å². The van der Waals surface area contributed by atoms with Crippen molar-refractivity contribution in [2.24, 2.45) is 0 Å². The van der Waals surface area contributed by atoms with Gasteiger partial charge in [-0.15, -0.1) is 0 Å². The summed E-state index contributed by atoms with van der Waals surface area (Å²) < 4.78 is 77.4. The van der Waals surface area contributed by atoms with Crippen LogP contribution in [0.3, 0.4) is 0 Å². The quantitative estimate of drug-likeness (QED) is 0.124. The summed E-state index contributed by atoms with van der Waals surface area (Å²) in [5.74, 6) is -5.41. The van der Waals surface area contributed by atoms with Gasteiger partial charge in [0.15, 0.2) is 0 Å². The standard InChI is InChI=1S/C24H23F5O5/c1-2-15-33-21(30)13-6-17-4-9-20(10-5-17)34-22(31)18-7-11-19(12-8-18)32-16-3-14-23(25,26)24(27,28)29/h4-13H,2-3,14-16H2,1H3/b13-6+. The molecule has 2 aromatic carbocycles. The Labute approximate surface area is 193 Å². The fraction of sp³-hybridized carbons (Fsp3) is 0.333. The zero-order valence-electron chi connectivity index (χ0n) is 18.2. The van der Waals surface area contributed by atoms with Crippen molar-refractivity contribution in [3.63, 3.8) is 0 Å². The molecule has 0 radical (unpaired) electrons. The highest BCUT2D eigenvalue weighted by atomic mass is 19.4. The Morgan fingerprint density at radius 2 is 1.50 bits per heavy atom. The first-order valence-corrected chi connectivity index (χ1v) is 10.4. The van der Waals surface area contributed by atoms with Crippen molar-refractivity contribution < 1.29 is 45.8 Å². The summed E-state index contributed by atoms with van der Waals surface area (Å²) in [7, 11) is 0. The Balaban J connectivity index is 1.82. The molecule has 0 atom stereocenters. The van der Waals surface area contributed by atoms with Gasteiger partial charge in [-0.3, -0.25) is 0 Å². The third-order valence-corrected chi connectivity index (χ3v) is 4.36. The number of hydrogen-bond donors (Lipinski definition) is 0. The van der Waals surface area contributed by atoms with E-state index in [2.05, 4.69) is 0 Å². The molecule has 0 saturated heterocycles. The van der Waals surface area contributed by atoms with Crippen molar-refractivity contribution in [1.29, 1.82) is 0 Å². The number of carbonyl (C=O) groups is 2. The van der Waals surface area contributed by atoms with E-state index in [0.29, 0.717) is 12.2 Å². The maximum Gasteiger partial charge on any atom is 0.453 e. The molecule has 10 heteroatoms. The van der Waals surface area contributed by atoms with Gasteiger partial charge in [-0.2, -0.15) is 22.0 Å². The first-order valence-electron chi connectivity index (χ1n) is 10.4. The normalized spacial score (nSPS) is 11.9. The topological polar surface area (TPSA) is 61.8 Å². The van der Waals surface area contributed by atoms with E-state index in [1.165, 1.54) is 30.3 Å². The number of ether oxygens (including phenoxy) is 3. The van der Waals surface area contributed by atoms with Gasteiger partial charge < -0.3 is 14.2 Å². The van der Waals surface area contributed by atoms with E-state index in [9.17, 15) is 31.5 Å². The van der Waals surface area contributed by atoms with E-state index in [4.69, 9.17) is 14.2 Å². The molecular formula is C24H23F5O5. The van der Waals surface area contributed by atoms with Crippen LogP contribution in [0.4, 0.5) is 22.0 Å². The largest absolute Gasteiger partial charge is 0.494 e. The minimum atomic E-state index is -5.59. The minimum Gasteiger partial charge on any atom is -0.494 e. The fourth-order valence-electron chi connectivity index (χ4n) is 2.54. The lowest BCUT2D eigenvalue weighted by Crippen LogP contribution is -2.36. The van der Waals surface area contributed by atoms with Crippen molar-refractivity contribution in [2.75, 3.05) is 13.2 Å². The fourth-order valence-corrected chi connectivity index (χ4v) is 2.54. The van der Waals surface area contributed by atoms with Crippen LogP contribution in [0, 0.1) is 0 Å². The third kappa shape index (κ3) is 8.49. The average Bonchev–Trinajstić information content (AvgIpc) is 2.79. The van der Waals surface area contributed by atoms with E-state index in [1.54, 1.807) is 30.3 Å².